The molecule has 5 N–H and O–H groups in total. The van der Waals surface area contributed by atoms with Crippen LogP contribution in [0.3, 0.4) is 0 Å². The van der Waals surface area contributed by atoms with Crippen LogP contribution in [0.1, 0.15) is 33.1 Å². The summed E-state index contributed by atoms with van der Waals surface area (Å²) in [6.07, 6.45) is 2.32. The second-order valence-corrected chi connectivity index (χ2v) is 5.61. The Morgan fingerprint density at radius 1 is 1.30 bits per heavy atom. The molecule has 1 saturated carbocycles. The van der Waals surface area contributed by atoms with Gasteiger partial charge in [-0.3, -0.25) is 9.59 Å². The highest BCUT2D eigenvalue weighted by Crippen LogP contribution is 2.31. The molecule has 3 unspecified atom stereocenters. The Kier molecular flexibility index (Phi) is 5.79. The first kappa shape index (κ1) is 16.3. The minimum absolute atomic E-state index is 0.0437. The van der Waals surface area contributed by atoms with E-state index in [9.17, 15) is 14.4 Å². The Hall–Kier alpha value is -1.79. The highest BCUT2D eigenvalue weighted by Gasteiger charge is 2.33. The molecule has 1 rings (SSSR count). The zero-order valence-corrected chi connectivity index (χ0v) is 11.9. The molecule has 1 fully saturated rings. The summed E-state index contributed by atoms with van der Waals surface area (Å²) in [5.74, 6) is -1.66. The van der Waals surface area contributed by atoms with Gasteiger partial charge in [-0.2, -0.15) is 0 Å². The zero-order chi connectivity index (χ0) is 15.3. The third-order valence-corrected chi connectivity index (χ3v) is 3.76. The quantitative estimate of drug-likeness (QED) is 0.560. The van der Waals surface area contributed by atoms with Crippen LogP contribution in [0.15, 0.2) is 0 Å². The van der Waals surface area contributed by atoms with Crippen LogP contribution in [0, 0.1) is 17.8 Å². The summed E-state index contributed by atoms with van der Waals surface area (Å²) < 4.78 is 0. The molecule has 0 aliphatic heterocycles. The van der Waals surface area contributed by atoms with Gasteiger partial charge in [0.1, 0.15) is 6.04 Å². The fourth-order valence-electron chi connectivity index (χ4n) is 2.64. The van der Waals surface area contributed by atoms with E-state index in [4.69, 9.17) is 10.8 Å². The fraction of sp³-hybridized carbons (Fsp3) is 0.769. The van der Waals surface area contributed by atoms with Crippen molar-refractivity contribution >= 4 is 17.9 Å². The summed E-state index contributed by atoms with van der Waals surface area (Å²) in [5, 5.41) is 14.2. The maximum Gasteiger partial charge on any atom is 0.312 e. The van der Waals surface area contributed by atoms with Crippen LogP contribution in [0.25, 0.3) is 0 Å². The molecule has 3 amide bonds. The number of hydrogen-bond acceptors (Lipinski definition) is 3. The van der Waals surface area contributed by atoms with Crippen molar-refractivity contribution in [3.05, 3.63) is 0 Å². The molecule has 7 heteroatoms. The van der Waals surface area contributed by atoms with Crippen LogP contribution in [0.4, 0.5) is 4.79 Å². The molecular formula is C13H23N3O4. The molecule has 0 aromatic rings. The minimum Gasteiger partial charge on any atom is -0.481 e. The van der Waals surface area contributed by atoms with Crippen molar-refractivity contribution in [3.63, 3.8) is 0 Å². The molecule has 0 heterocycles. The van der Waals surface area contributed by atoms with Crippen molar-refractivity contribution < 1.29 is 19.5 Å². The summed E-state index contributed by atoms with van der Waals surface area (Å²) in [7, 11) is 0. The van der Waals surface area contributed by atoms with Crippen molar-refractivity contribution in [2.75, 3.05) is 6.54 Å². The van der Waals surface area contributed by atoms with Gasteiger partial charge in [0.2, 0.25) is 5.91 Å². The third kappa shape index (κ3) is 4.40. The Morgan fingerprint density at radius 2 is 1.95 bits per heavy atom. The lowest BCUT2D eigenvalue weighted by atomic mass is 9.96. The predicted molar refractivity (Wildman–Crippen MR) is 72.8 cm³/mol. The Labute approximate surface area is 118 Å². The number of nitrogens with one attached hydrogen (secondary N) is 2. The molecule has 0 aromatic carbocycles. The number of rotatable bonds is 6. The SMILES string of the molecule is CC(C)C(NC(N)=O)C(=O)NCC1CCCC1C(=O)O. The highest BCUT2D eigenvalue weighted by molar-refractivity contribution is 5.86. The van der Waals surface area contributed by atoms with Crippen LogP contribution in [0.5, 0.6) is 0 Å². The molecule has 0 saturated heterocycles. The average molecular weight is 285 g/mol. The molecule has 3 atom stereocenters. The largest absolute Gasteiger partial charge is 0.481 e. The summed E-state index contributed by atoms with van der Waals surface area (Å²) in [4.78, 5) is 34.0. The summed E-state index contributed by atoms with van der Waals surface area (Å²) in [5.41, 5.74) is 5.04. The van der Waals surface area contributed by atoms with Gasteiger partial charge in [-0.15, -0.1) is 0 Å². The van der Waals surface area contributed by atoms with Gasteiger partial charge in [-0.25, -0.2) is 4.79 Å². The average Bonchev–Trinajstić information content (AvgIpc) is 2.80. The fourth-order valence-corrected chi connectivity index (χ4v) is 2.64. The van der Waals surface area contributed by atoms with E-state index in [1.54, 1.807) is 13.8 Å². The summed E-state index contributed by atoms with van der Waals surface area (Å²) in [6, 6.07) is -1.44. The number of carboxylic acids is 1. The van der Waals surface area contributed by atoms with E-state index in [0.717, 1.165) is 12.8 Å². The Morgan fingerprint density at radius 3 is 2.45 bits per heavy atom. The number of urea groups is 1. The van der Waals surface area contributed by atoms with Gasteiger partial charge < -0.3 is 21.5 Å². The normalized spacial score (nSPS) is 23.4. The number of hydrogen-bond donors (Lipinski definition) is 4. The van der Waals surface area contributed by atoms with Crippen molar-refractivity contribution in [2.45, 2.75) is 39.2 Å². The van der Waals surface area contributed by atoms with Gasteiger partial charge in [0.05, 0.1) is 5.92 Å². The number of nitrogens with two attached hydrogens (primary N) is 1. The van der Waals surface area contributed by atoms with Crippen LogP contribution in [-0.4, -0.2) is 35.6 Å². The van der Waals surface area contributed by atoms with E-state index < -0.39 is 24.0 Å². The predicted octanol–water partition coefficient (Wildman–Crippen LogP) is 0.296. The van der Waals surface area contributed by atoms with Crippen molar-refractivity contribution in [1.82, 2.24) is 10.6 Å². The number of carbonyl (C=O) groups excluding carboxylic acids is 2. The molecule has 1 aliphatic carbocycles. The smallest absolute Gasteiger partial charge is 0.312 e. The van der Waals surface area contributed by atoms with Crippen molar-refractivity contribution in [2.24, 2.45) is 23.5 Å². The molecule has 114 valence electrons. The third-order valence-electron chi connectivity index (χ3n) is 3.76. The van der Waals surface area contributed by atoms with Crippen LogP contribution in [0.2, 0.25) is 0 Å². The molecule has 0 spiro atoms. The second-order valence-electron chi connectivity index (χ2n) is 5.61. The first-order chi connectivity index (χ1) is 9.32. The number of aliphatic carboxylic acids is 1. The van der Waals surface area contributed by atoms with Gasteiger partial charge in [0.15, 0.2) is 0 Å². The van der Waals surface area contributed by atoms with Crippen LogP contribution >= 0.6 is 0 Å². The van der Waals surface area contributed by atoms with Gasteiger partial charge in [-0.1, -0.05) is 20.3 Å². The van der Waals surface area contributed by atoms with Gasteiger partial charge in [-0.05, 0) is 24.7 Å². The summed E-state index contributed by atoms with van der Waals surface area (Å²) in [6.45, 7) is 3.92. The number of carbonyl (C=O) groups is 3. The maximum atomic E-state index is 12.0. The number of carboxylic acid groups (broad SMARTS) is 1. The molecular weight excluding hydrogens is 262 g/mol. The summed E-state index contributed by atoms with van der Waals surface area (Å²) >= 11 is 0. The standard InChI is InChI=1S/C13H23N3O4/c1-7(2)10(16-13(14)20)11(17)15-6-8-4-3-5-9(8)12(18)19/h7-10H,3-6H2,1-2H3,(H,15,17)(H,18,19)(H3,14,16,20). The number of amides is 3. The van der Waals surface area contributed by atoms with E-state index in [0.29, 0.717) is 13.0 Å². The lowest BCUT2D eigenvalue weighted by molar-refractivity contribution is -0.143. The highest BCUT2D eigenvalue weighted by atomic mass is 16.4. The maximum absolute atomic E-state index is 12.0. The molecule has 1 aliphatic rings. The first-order valence-electron chi connectivity index (χ1n) is 6.89. The Bertz CT molecular complexity index is 384. The molecule has 20 heavy (non-hydrogen) atoms. The number of primary amides is 1. The lowest BCUT2D eigenvalue weighted by Crippen LogP contribution is -2.52. The molecule has 0 radical (unpaired) electrons. The van der Waals surface area contributed by atoms with E-state index >= 15 is 0 Å². The molecule has 0 bridgehead atoms. The van der Waals surface area contributed by atoms with E-state index in [-0.39, 0.29) is 17.7 Å². The molecule has 7 nitrogen and oxygen atoms in total. The first-order valence-corrected chi connectivity index (χ1v) is 6.89. The van der Waals surface area contributed by atoms with Gasteiger partial charge in [0.25, 0.3) is 0 Å². The van der Waals surface area contributed by atoms with Crippen LogP contribution in [-0.2, 0) is 9.59 Å². The van der Waals surface area contributed by atoms with Crippen LogP contribution < -0.4 is 16.4 Å². The zero-order valence-electron chi connectivity index (χ0n) is 11.9. The van der Waals surface area contributed by atoms with Crippen molar-refractivity contribution in [1.29, 1.82) is 0 Å². The minimum atomic E-state index is -0.808. The molecule has 0 aromatic heterocycles. The lowest BCUT2D eigenvalue weighted by Gasteiger charge is -2.22. The van der Waals surface area contributed by atoms with Gasteiger partial charge in [0, 0.05) is 6.54 Å². The topological polar surface area (TPSA) is 122 Å². The van der Waals surface area contributed by atoms with E-state index in [2.05, 4.69) is 10.6 Å². The van der Waals surface area contributed by atoms with E-state index in [1.807, 2.05) is 0 Å². The van der Waals surface area contributed by atoms with Crippen molar-refractivity contribution in [3.8, 4) is 0 Å². The monoisotopic (exact) mass is 285 g/mol. The van der Waals surface area contributed by atoms with Gasteiger partial charge >= 0.3 is 12.0 Å². The van der Waals surface area contributed by atoms with E-state index in [1.165, 1.54) is 0 Å². The second kappa shape index (κ2) is 7.12. The Balaban J connectivity index is 2.52.